The van der Waals surface area contributed by atoms with E-state index in [0.717, 1.165) is 10.8 Å². The maximum Gasteiger partial charge on any atom is 0.406 e. The number of hydrogen-bond donors (Lipinski definition) is 1. The summed E-state index contributed by atoms with van der Waals surface area (Å²) < 4.78 is 73.1. The van der Waals surface area contributed by atoms with Gasteiger partial charge in [-0.05, 0) is 0 Å². The van der Waals surface area contributed by atoms with Gasteiger partial charge in [0.15, 0.2) is 22.8 Å². The summed E-state index contributed by atoms with van der Waals surface area (Å²) in [5, 5.41) is 2.81. The van der Waals surface area contributed by atoms with E-state index in [1.807, 2.05) is 4.90 Å². The molecule has 2 saturated heterocycles. The fourth-order valence-corrected chi connectivity index (χ4v) is 5.28. The van der Waals surface area contributed by atoms with Gasteiger partial charge in [-0.2, -0.15) is 17.5 Å². The first-order valence-electron chi connectivity index (χ1n) is 11.9. The number of ether oxygens (including phenoxy) is 1. The Labute approximate surface area is 216 Å². The van der Waals surface area contributed by atoms with Crippen LogP contribution in [-0.4, -0.2) is 114 Å². The minimum atomic E-state index is -4.56. The van der Waals surface area contributed by atoms with Crippen molar-refractivity contribution in [2.45, 2.75) is 12.7 Å². The van der Waals surface area contributed by atoms with Crippen LogP contribution < -0.4 is 15.1 Å². The molecule has 0 radical (unpaired) electrons. The molecule has 206 valence electrons. The highest BCUT2D eigenvalue weighted by molar-refractivity contribution is 7.88. The van der Waals surface area contributed by atoms with Crippen LogP contribution in [0, 0.1) is 0 Å². The van der Waals surface area contributed by atoms with E-state index >= 15 is 0 Å². The number of morpholine rings is 1. The Kier molecular flexibility index (Phi) is 6.99. The van der Waals surface area contributed by atoms with Crippen molar-refractivity contribution in [1.29, 1.82) is 0 Å². The number of sulfonamides is 1. The number of anilines is 3. The minimum Gasteiger partial charge on any atom is -0.378 e. The lowest BCUT2D eigenvalue weighted by molar-refractivity contribution is -0.139. The highest BCUT2D eigenvalue weighted by Gasteiger charge is 2.35. The van der Waals surface area contributed by atoms with Crippen molar-refractivity contribution in [3.05, 3.63) is 12.4 Å². The Morgan fingerprint density at radius 1 is 0.974 bits per heavy atom. The molecule has 2 aliphatic heterocycles. The molecule has 17 heteroatoms. The zero-order valence-corrected chi connectivity index (χ0v) is 21.6. The zero-order valence-electron chi connectivity index (χ0n) is 20.8. The summed E-state index contributed by atoms with van der Waals surface area (Å²) in [6.07, 6.45) is -0.448. The molecule has 5 rings (SSSR count). The number of hydrogen-bond acceptors (Lipinski definition) is 11. The number of rotatable bonds is 6. The van der Waals surface area contributed by atoms with E-state index < -0.39 is 22.7 Å². The predicted octanol–water partition coefficient (Wildman–Crippen LogP) is 0.806. The molecule has 0 bridgehead atoms. The third-order valence-electron chi connectivity index (χ3n) is 6.33. The number of fused-ring (bicyclic) bond motifs is 1. The van der Waals surface area contributed by atoms with E-state index in [4.69, 9.17) is 4.74 Å². The number of piperazine rings is 1. The Morgan fingerprint density at radius 2 is 1.63 bits per heavy atom. The number of nitrogens with zero attached hydrogens (tertiary/aromatic N) is 9. The molecule has 0 aliphatic carbocycles. The van der Waals surface area contributed by atoms with Crippen molar-refractivity contribution in [1.82, 2.24) is 33.8 Å². The average Bonchev–Trinajstić information content (AvgIpc) is 3.25. The van der Waals surface area contributed by atoms with E-state index in [9.17, 15) is 21.6 Å². The summed E-state index contributed by atoms with van der Waals surface area (Å²) in [7, 11) is -1.75. The van der Waals surface area contributed by atoms with Gasteiger partial charge in [0.25, 0.3) is 0 Å². The molecule has 3 aromatic rings. The first-order valence-corrected chi connectivity index (χ1v) is 13.8. The molecule has 0 unspecified atom stereocenters. The van der Waals surface area contributed by atoms with Gasteiger partial charge in [-0.25, -0.2) is 33.3 Å². The van der Waals surface area contributed by atoms with Crippen LogP contribution in [0.2, 0.25) is 0 Å². The van der Waals surface area contributed by atoms with Crippen molar-refractivity contribution in [2.75, 3.05) is 80.9 Å². The van der Waals surface area contributed by atoms with Gasteiger partial charge in [0.05, 0.1) is 25.0 Å². The van der Waals surface area contributed by atoms with Gasteiger partial charge < -0.3 is 19.9 Å². The Hall–Kier alpha value is -3.31. The molecule has 2 fully saturated rings. The van der Waals surface area contributed by atoms with Crippen LogP contribution in [0.1, 0.15) is 0 Å². The van der Waals surface area contributed by atoms with Crippen molar-refractivity contribution >= 4 is 38.9 Å². The number of halogens is 3. The molecule has 5 heterocycles. The van der Waals surface area contributed by atoms with Gasteiger partial charge in [0.2, 0.25) is 21.9 Å². The number of aromatic nitrogens is 6. The summed E-state index contributed by atoms with van der Waals surface area (Å²) in [4.78, 5) is 25.7. The van der Waals surface area contributed by atoms with Gasteiger partial charge in [-0.1, -0.05) is 0 Å². The lowest BCUT2D eigenvalue weighted by Crippen LogP contribution is -2.49. The number of nitrogens with one attached hydrogen (secondary N) is 1. The van der Waals surface area contributed by atoms with Crippen molar-refractivity contribution in [2.24, 2.45) is 0 Å². The second-order valence-electron chi connectivity index (χ2n) is 8.95. The Morgan fingerprint density at radius 3 is 2.21 bits per heavy atom. The first kappa shape index (κ1) is 26.3. The normalized spacial score (nSPS) is 17.8. The molecule has 0 amide bonds. The van der Waals surface area contributed by atoms with E-state index in [1.165, 1.54) is 16.7 Å². The quantitative estimate of drug-likeness (QED) is 0.462. The third kappa shape index (κ3) is 5.44. The summed E-state index contributed by atoms with van der Waals surface area (Å²) in [6, 6.07) is 0. The maximum absolute atomic E-state index is 13.8. The SMILES string of the molecule is CNc1ncc(-c2nc(N3CCOCC3)c3nc(N4CCN(S(C)(=O)=O)CC4)n(CC(F)(F)F)c3n2)cn1. The fourth-order valence-electron chi connectivity index (χ4n) is 4.46. The van der Waals surface area contributed by atoms with Gasteiger partial charge in [-0.15, -0.1) is 0 Å². The van der Waals surface area contributed by atoms with Crippen LogP contribution in [0.15, 0.2) is 12.4 Å². The molecule has 3 aromatic heterocycles. The van der Waals surface area contributed by atoms with E-state index in [-0.39, 0.29) is 49.1 Å². The van der Waals surface area contributed by atoms with Crippen LogP contribution in [-0.2, 0) is 21.3 Å². The molecule has 0 aromatic carbocycles. The lowest BCUT2D eigenvalue weighted by atomic mass is 10.3. The van der Waals surface area contributed by atoms with E-state index in [1.54, 1.807) is 11.9 Å². The Bertz CT molecular complexity index is 1400. The second kappa shape index (κ2) is 10.1. The molecule has 38 heavy (non-hydrogen) atoms. The molecule has 13 nitrogen and oxygen atoms in total. The Balaban J connectivity index is 1.65. The smallest absolute Gasteiger partial charge is 0.378 e. The molecular formula is C21H27F3N10O3S. The van der Waals surface area contributed by atoms with Crippen LogP contribution in [0.3, 0.4) is 0 Å². The van der Waals surface area contributed by atoms with Crippen molar-refractivity contribution < 1.29 is 26.3 Å². The largest absolute Gasteiger partial charge is 0.406 e. The van der Waals surface area contributed by atoms with Crippen LogP contribution in [0.25, 0.3) is 22.6 Å². The maximum atomic E-state index is 13.8. The highest BCUT2D eigenvalue weighted by Crippen LogP contribution is 2.33. The monoisotopic (exact) mass is 556 g/mol. The molecule has 0 saturated carbocycles. The number of imidazole rings is 1. The van der Waals surface area contributed by atoms with Crippen molar-refractivity contribution in [3.8, 4) is 11.4 Å². The van der Waals surface area contributed by atoms with Gasteiger partial charge >= 0.3 is 6.18 Å². The summed E-state index contributed by atoms with van der Waals surface area (Å²) in [5.41, 5.74) is 0.684. The van der Waals surface area contributed by atoms with Crippen LogP contribution in [0.5, 0.6) is 0 Å². The van der Waals surface area contributed by atoms with Gasteiger partial charge in [0.1, 0.15) is 6.54 Å². The molecular weight excluding hydrogens is 529 g/mol. The minimum absolute atomic E-state index is 0.0204. The number of alkyl halides is 3. The summed E-state index contributed by atoms with van der Waals surface area (Å²) >= 11 is 0. The fraction of sp³-hybridized carbons (Fsp3) is 0.571. The first-order chi connectivity index (χ1) is 18.0. The lowest BCUT2D eigenvalue weighted by Gasteiger charge is -2.34. The molecule has 0 spiro atoms. The van der Waals surface area contributed by atoms with Gasteiger partial charge in [0, 0.05) is 58.7 Å². The van der Waals surface area contributed by atoms with Crippen LogP contribution >= 0.6 is 0 Å². The van der Waals surface area contributed by atoms with Gasteiger partial charge in [-0.3, -0.25) is 4.57 Å². The molecule has 0 atom stereocenters. The van der Waals surface area contributed by atoms with Crippen molar-refractivity contribution in [3.63, 3.8) is 0 Å². The summed E-state index contributed by atoms with van der Waals surface area (Å²) in [6.45, 7) is 1.15. The van der Waals surface area contributed by atoms with E-state index in [0.29, 0.717) is 43.6 Å². The third-order valence-corrected chi connectivity index (χ3v) is 7.63. The predicted molar refractivity (Wildman–Crippen MR) is 134 cm³/mol. The van der Waals surface area contributed by atoms with E-state index in [2.05, 4.69) is 30.2 Å². The molecule has 1 N–H and O–H groups in total. The highest BCUT2D eigenvalue weighted by atomic mass is 32.2. The zero-order chi connectivity index (χ0) is 27.1. The summed E-state index contributed by atoms with van der Waals surface area (Å²) in [5.74, 6) is 0.996. The average molecular weight is 557 g/mol. The van der Waals surface area contributed by atoms with Crippen LogP contribution in [0.4, 0.5) is 30.9 Å². The molecule has 2 aliphatic rings. The standard InChI is InChI=1S/C21H27F3N10O3S/c1-25-19-26-11-14(12-27-19)16-29-17(31-7-9-37-10-8-31)15-18(30-16)34(13-21(22,23)24)20(28-15)32-3-5-33(6-4-32)38(2,35)36/h11-12H,3-10,13H2,1-2H3,(H,25,26,27). The second-order valence-corrected chi connectivity index (χ2v) is 10.9. The topological polar surface area (TPSA) is 134 Å².